The summed E-state index contributed by atoms with van der Waals surface area (Å²) in [6, 6.07) is 69.6. The lowest BCUT2D eigenvalue weighted by Crippen LogP contribution is -2.07. The van der Waals surface area contributed by atoms with Crippen molar-refractivity contribution in [3.05, 3.63) is 205 Å². The fourth-order valence-electron chi connectivity index (χ4n) is 9.26. The number of nitrogens with zero attached hydrogens (tertiary/aromatic N) is 4. The van der Waals surface area contributed by atoms with Crippen LogP contribution in [0.15, 0.2) is 194 Å². The first-order chi connectivity index (χ1) is 29.2. The van der Waals surface area contributed by atoms with Crippen molar-refractivity contribution in [2.75, 3.05) is 0 Å². The molecule has 0 atom stereocenters. The summed E-state index contributed by atoms with van der Waals surface area (Å²) in [7, 11) is 0. The predicted molar refractivity (Wildman–Crippen MR) is 244 cm³/mol. The minimum Gasteiger partial charge on any atom is -0.308 e. The molecule has 276 valence electrons. The quantitative estimate of drug-likeness (QED) is 0.176. The average Bonchev–Trinajstić information content (AvgIpc) is 3.63. The zero-order valence-electron chi connectivity index (χ0n) is 32.2. The number of aryl methyl sites for hydroxylation is 2. The molecular weight excluding hydrogens is 717 g/mol. The molecule has 0 aliphatic heterocycles. The molecule has 1 aliphatic rings. The van der Waals surface area contributed by atoms with Crippen LogP contribution in [-0.2, 0) is 12.8 Å². The van der Waals surface area contributed by atoms with Gasteiger partial charge in [0.15, 0.2) is 17.5 Å². The third kappa shape index (κ3) is 5.56. The maximum absolute atomic E-state index is 5.28. The fraction of sp³-hybridized carbons (Fsp3) is 0.0364. The van der Waals surface area contributed by atoms with E-state index in [4.69, 9.17) is 15.0 Å². The molecule has 0 amide bonds. The van der Waals surface area contributed by atoms with E-state index >= 15 is 0 Å². The van der Waals surface area contributed by atoms with Gasteiger partial charge in [-0.2, -0.15) is 0 Å². The standard InChI is InChI=1S/C55H36N4/c1-3-13-35(14-4-1)42-26-27-45-47(55-57-53(38-17-5-2-6-18-38)56-54(58-55)43-24-23-36-15-7-8-19-39(36)31-43)29-30-50(48(45)33-42)59-51-34-41-21-10-9-20-40(41)32-49(51)46-28-25-37-16-11-12-22-44(37)52(46)59/h1-24,26-27,29-34H,25,28H2. The fourth-order valence-corrected chi connectivity index (χ4v) is 9.26. The lowest BCUT2D eigenvalue weighted by Gasteiger charge is -2.22. The second-order valence-corrected chi connectivity index (χ2v) is 15.5. The molecule has 0 saturated carbocycles. The summed E-state index contributed by atoms with van der Waals surface area (Å²) >= 11 is 0. The highest BCUT2D eigenvalue weighted by molar-refractivity contribution is 6.08. The normalized spacial score (nSPS) is 12.3. The Hall–Kier alpha value is -7.69. The van der Waals surface area contributed by atoms with Crippen LogP contribution in [-0.4, -0.2) is 19.5 Å². The van der Waals surface area contributed by atoms with Crippen LogP contribution in [0.25, 0.3) is 105 Å². The molecule has 0 bridgehead atoms. The molecule has 1 aliphatic carbocycles. The van der Waals surface area contributed by atoms with Crippen molar-refractivity contribution >= 4 is 43.2 Å². The maximum atomic E-state index is 5.28. The first-order valence-electron chi connectivity index (χ1n) is 20.3. The van der Waals surface area contributed by atoms with Crippen LogP contribution >= 0.6 is 0 Å². The van der Waals surface area contributed by atoms with Gasteiger partial charge in [0, 0.05) is 33.0 Å². The zero-order chi connectivity index (χ0) is 38.9. The van der Waals surface area contributed by atoms with Gasteiger partial charge in [0.25, 0.3) is 0 Å². The Kier molecular flexibility index (Phi) is 7.63. The van der Waals surface area contributed by atoms with Crippen LogP contribution in [0.4, 0.5) is 0 Å². The monoisotopic (exact) mass is 752 g/mol. The van der Waals surface area contributed by atoms with Crippen molar-refractivity contribution in [2.24, 2.45) is 0 Å². The van der Waals surface area contributed by atoms with Crippen LogP contribution in [0, 0.1) is 0 Å². The van der Waals surface area contributed by atoms with Crippen LogP contribution in [0.2, 0.25) is 0 Å². The van der Waals surface area contributed by atoms with E-state index in [-0.39, 0.29) is 0 Å². The lowest BCUT2D eigenvalue weighted by molar-refractivity contribution is 0.935. The number of hydrogen-bond acceptors (Lipinski definition) is 3. The molecule has 0 unspecified atom stereocenters. The Morgan fingerprint density at radius 1 is 0.356 bits per heavy atom. The molecule has 11 aromatic rings. The highest BCUT2D eigenvalue weighted by Gasteiger charge is 2.27. The van der Waals surface area contributed by atoms with E-state index in [1.54, 1.807) is 0 Å². The molecule has 2 aromatic heterocycles. The number of hydrogen-bond donors (Lipinski definition) is 0. The Bertz CT molecular complexity index is 3440. The molecule has 4 heteroatoms. The first kappa shape index (κ1) is 33.4. The van der Waals surface area contributed by atoms with Crippen molar-refractivity contribution < 1.29 is 0 Å². The van der Waals surface area contributed by atoms with Crippen molar-refractivity contribution in [3.63, 3.8) is 0 Å². The van der Waals surface area contributed by atoms with Crippen molar-refractivity contribution in [3.8, 4) is 62.2 Å². The minimum absolute atomic E-state index is 0.641. The molecule has 0 fully saturated rings. The first-order valence-corrected chi connectivity index (χ1v) is 20.3. The van der Waals surface area contributed by atoms with E-state index in [2.05, 4.69) is 180 Å². The van der Waals surface area contributed by atoms with E-state index < -0.39 is 0 Å². The molecule has 12 rings (SSSR count). The third-order valence-electron chi connectivity index (χ3n) is 12.1. The molecule has 9 aromatic carbocycles. The molecule has 4 nitrogen and oxygen atoms in total. The van der Waals surface area contributed by atoms with Gasteiger partial charge < -0.3 is 4.57 Å². The summed E-state index contributed by atoms with van der Waals surface area (Å²) in [5.74, 6) is 1.93. The van der Waals surface area contributed by atoms with Crippen LogP contribution < -0.4 is 0 Å². The van der Waals surface area contributed by atoms with Gasteiger partial charge in [-0.1, -0.05) is 158 Å². The molecule has 59 heavy (non-hydrogen) atoms. The highest BCUT2D eigenvalue weighted by Crippen LogP contribution is 2.45. The number of rotatable bonds is 5. The molecule has 0 spiro atoms. The Morgan fingerprint density at radius 3 is 1.78 bits per heavy atom. The predicted octanol–water partition coefficient (Wildman–Crippen LogP) is 13.7. The van der Waals surface area contributed by atoms with Crippen LogP contribution in [0.1, 0.15) is 11.1 Å². The van der Waals surface area contributed by atoms with Gasteiger partial charge in [-0.15, -0.1) is 0 Å². The minimum atomic E-state index is 0.641. The summed E-state index contributed by atoms with van der Waals surface area (Å²) in [6.07, 6.45) is 2.01. The molecule has 0 saturated heterocycles. The summed E-state index contributed by atoms with van der Waals surface area (Å²) in [5, 5.41) is 8.35. The van der Waals surface area contributed by atoms with Crippen molar-refractivity contribution in [1.29, 1.82) is 0 Å². The van der Waals surface area contributed by atoms with Gasteiger partial charge in [0.2, 0.25) is 0 Å². The van der Waals surface area contributed by atoms with Gasteiger partial charge in [0.1, 0.15) is 0 Å². The van der Waals surface area contributed by atoms with E-state index in [1.807, 2.05) is 18.2 Å². The van der Waals surface area contributed by atoms with Gasteiger partial charge in [0.05, 0.1) is 16.9 Å². The topological polar surface area (TPSA) is 43.6 Å². The summed E-state index contributed by atoms with van der Waals surface area (Å²) in [5.41, 5.74) is 12.9. The van der Waals surface area contributed by atoms with Gasteiger partial charge in [-0.3, -0.25) is 0 Å². The number of aromatic nitrogens is 4. The average molecular weight is 753 g/mol. The molecule has 0 N–H and O–H groups in total. The van der Waals surface area contributed by atoms with E-state index in [0.717, 1.165) is 56.9 Å². The zero-order valence-corrected chi connectivity index (χ0v) is 32.2. The third-order valence-corrected chi connectivity index (χ3v) is 12.1. The Balaban J connectivity index is 1.16. The summed E-state index contributed by atoms with van der Waals surface area (Å²) in [4.78, 5) is 15.6. The molecular formula is C55H36N4. The second kappa shape index (κ2) is 13.5. The van der Waals surface area contributed by atoms with E-state index in [1.165, 1.54) is 55.0 Å². The van der Waals surface area contributed by atoms with E-state index in [0.29, 0.717) is 17.5 Å². The summed E-state index contributed by atoms with van der Waals surface area (Å²) in [6.45, 7) is 0. The van der Waals surface area contributed by atoms with Crippen LogP contribution in [0.5, 0.6) is 0 Å². The van der Waals surface area contributed by atoms with Gasteiger partial charge in [-0.05, 0) is 98.4 Å². The Labute approximate surface area is 341 Å². The van der Waals surface area contributed by atoms with Crippen LogP contribution in [0.3, 0.4) is 0 Å². The van der Waals surface area contributed by atoms with Crippen molar-refractivity contribution in [1.82, 2.24) is 19.5 Å². The highest BCUT2D eigenvalue weighted by atomic mass is 15.0. The smallest absolute Gasteiger partial charge is 0.164 e. The number of benzene rings is 9. The molecule has 0 radical (unpaired) electrons. The van der Waals surface area contributed by atoms with E-state index in [9.17, 15) is 0 Å². The largest absolute Gasteiger partial charge is 0.308 e. The van der Waals surface area contributed by atoms with Gasteiger partial charge in [-0.25, -0.2) is 15.0 Å². The lowest BCUT2D eigenvalue weighted by atomic mass is 9.88. The number of fused-ring (bicyclic) bond motifs is 8. The SMILES string of the molecule is c1ccc(-c2ccc3c(-c4nc(-c5ccccc5)nc(-c5ccc6ccccc6c5)n4)ccc(-n4c5c(c6cc7ccccc7cc64)CCc4ccccc4-5)c3c2)cc1. The van der Waals surface area contributed by atoms with Crippen molar-refractivity contribution in [2.45, 2.75) is 12.8 Å². The maximum Gasteiger partial charge on any atom is 0.164 e. The molecule has 2 heterocycles. The second-order valence-electron chi connectivity index (χ2n) is 15.5. The Morgan fingerprint density at radius 2 is 0.983 bits per heavy atom. The summed E-state index contributed by atoms with van der Waals surface area (Å²) < 4.78 is 2.54. The van der Waals surface area contributed by atoms with Gasteiger partial charge >= 0.3 is 0 Å².